The molecule has 1 saturated carbocycles. The highest BCUT2D eigenvalue weighted by Gasteiger charge is 2.32. The van der Waals surface area contributed by atoms with Gasteiger partial charge in [-0.15, -0.1) is 0 Å². The number of carboxylic acid groups (broad SMARTS) is 1. The van der Waals surface area contributed by atoms with Crippen LogP contribution in [0.15, 0.2) is 30.3 Å². The lowest BCUT2D eigenvalue weighted by Gasteiger charge is -2.16. The highest BCUT2D eigenvalue weighted by Crippen LogP contribution is 2.31. The molecule has 3 N–H and O–H groups in total. The third kappa shape index (κ3) is 4.06. The van der Waals surface area contributed by atoms with Gasteiger partial charge in [-0.1, -0.05) is 24.6 Å². The van der Waals surface area contributed by atoms with Crippen molar-refractivity contribution in [3.05, 3.63) is 30.3 Å². The third-order valence-corrected chi connectivity index (χ3v) is 3.73. The molecule has 1 aliphatic carbocycles. The second-order valence-corrected chi connectivity index (χ2v) is 5.18. The Hall–Kier alpha value is -1.88. The maximum absolute atomic E-state index is 11.7. The first-order valence-electron chi connectivity index (χ1n) is 6.95. The zero-order chi connectivity index (χ0) is 14.4. The van der Waals surface area contributed by atoms with Gasteiger partial charge in [-0.2, -0.15) is 0 Å². The predicted octanol–water partition coefficient (Wildman–Crippen LogP) is 1.72. The molecule has 1 aromatic rings. The summed E-state index contributed by atoms with van der Waals surface area (Å²) in [5.41, 5.74) is 0.767. The Labute approximate surface area is 118 Å². The van der Waals surface area contributed by atoms with Crippen LogP contribution in [0.5, 0.6) is 0 Å². The Kier molecular flexibility index (Phi) is 5.12. The van der Waals surface area contributed by atoms with Crippen molar-refractivity contribution in [1.82, 2.24) is 5.32 Å². The Bertz CT molecular complexity index is 461. The van der Waals surface area contributed by atoms with Crippen molar-refractivity contribution in [2.45, 2.75) is 19.3 Å². The van der Waals surface area contributed by atoms with Gasteiger partial charge in [-0.25, -0.2) is 0 Å². The number of amides is 1. The fraction of sp³-hybridized carbons (Fsp3) is 0.467. The largest absolute Gasteiger partial charge is 0.481 e. The fourth-order valence-corrected chi connectivity index (χ4v) is 2.70. The van der Waals surface area contributed by atoms with E-state index in [1.165, 1.54) is 0 Å². The van der Waals surface area contributed by atoms with Gasteiger partial charge in [0, 0.05) is 5.69 Å². The molecule has 5 nitrogen and oxygen atoms in total. The molecule has 108 valence electrons. The highest BCUT2D eigenvalue weighted by atomic mass is 16.4. The summed E-state index contributed by atoms with van der Waals surface area (Å²) in [5, 5.41) is 14.9. The maximum atomic E-state index is 11.7. The molecule has 0 heterocycles. The molecule has 0 saturated heterocycles. The first kappa shape index (κ1) is 14.5. The van der Waals surface area contributed by atoms with Crippen molar-refractivity contribution in [3.63, 3.8) is 0 Å². The molecule has 20 heavy (non-hydrogen) atoms. The second kappa shape index (κ2) is 7.05. The van der Waals surface area contributed by atoms with Crippen molar-refractivity contribution in [1.29, 1.82) is 0 Å². The lowest BCUT2D eigenvalue weighted by Crippen LogP contribution is -2.34. The van der Waals surface area contributed by atoms with Crippen LogP contribution in [0.4, 0.5) is 5.69 Å². The van der Waals surface area contributed by atoms with E-state index in [-0.39, 0.29) is 24.3 Å². The van der Waals surface area contributed by atoms with Gasteiger partial charge in [0.2, 0.25) is 5.91 Å². The van der Waals surface area contributed by atoms with Crippen LogP contribution in [0.25, 0.3) is 0 Å². The highest BCUT2D eigenvalue weighted by molar-refractivity contribution is 5.92. The van der Waals surface area contributed by atoms with E-state index in [4.69, 9.17) is 5.11 Å². The van der Waals surface area contributed by atoms with Crippen LogP contribution in [0, 0.1) is 11.8 Å². The molecular weight excluding hydrogens is 256 g/mol. The van der Waals surface area contributed by atoms with Crippen molar-refractivity contribution >= 4 is 17.6 Å². The van der Waals surface area contributed by atoms with Crippen molar-refractivity contribution in [2.75, 3.05) is 18.4 Å². The summed E-state index contributed by atoms with van der Waals surface area (Å²) in [5.74, 6) is -0.958. The maximum Gasteiger partial charge on any atom is 0.306 e. The standard InChI is InChI=1S/C15H20N2O3/c18-14(17-12-6-2-1-3-7-12)10-16-9-11-5-4-8-13(11)15(19)20/h1-3,6-7,11,13,16H,4-5,8-10H2,(H,17,18)(H,19,20). The molecule has 5 heteroatoms. The predicted molar refractivity (Wildman–Crippen MR) is 76.4 cm³/mol. The Morgan fingerprint density at radius 1 is 1.20 bits per heavy atom. The van der Waals surface area contributed by atoms with Gasteiger partial charge in [-0.05, 0) is 37.4 Å². The van der Waals surface area contributed by atoms with Crippen LogP contribution >= 0.6 is 0 Å². The average Bonchev–Trinajstić information content (AvgIpc) is 2.88. The number of carbonyl (C=O) groups excluding carboxylic acids is 1. The van der Waals surface area contributed by atoms with Gasteiger partial charge in [0.05, 0.1) is 12.5 Å². The molecule has 1 amide bonds. The second-order valence-electron chi connectivity index (χ2n) is 5.18. The summed E-state index contributed by atoms with van der Waals surface area (Å²) in [6.45, 7) is 0.789. The lowest BCUT2D eigenvalue weighted by atomic mass is 9.96. The summed E-state index contributed by atoms with van der Waals surface area (Å²) in [6.07, 6.45) is 2.63. The minimum atomic E-state index is -0.719. The number of benzene rings is 1. The molecule has 0 aromatic heterocycles. The summed E-state index contributed by atoms with van der Waals surface area (Å²) in [4.78, 5) is 22.8. The minimum absolute atomic E-state index is 0.110. The smallest absolute Gasteiger partial charge is 0.306 e. The number of para-hydroxylation sites is 1. The number of anilines is 1. The van der Waals surface area contributed by atoms with E-state index in [2.05, 4.69) is 10.6 Å². The molecule has 0 spiro atoms. The van der Waals surface area contributed by atoms with Gasteiger partial charge in [0.15, 0.2) is 0 Å². The Balaban J connectivity index is 1.70. The van der Waals surface area contributed by atoms with E-state index in [9.17, 15) is 9.59 Å². The normalized spacial score (nSPS) is 21.6. The first-order chi connectivity index (χ1) is 9.66. The van der Waals surface area contributed by atoms with Gasteiger partial charge < -0.3 is 15.7 Å². The van der Waals surface area contributed by atoms with Crippen molar-refractivity contribution in [2.24, 2.45) is 11.8 Å². The van der Waals surface area contributed by atoms with Crippen LogP contribution in [0.1, 0.15) is 19.3 Å². The molecule has 2 rings (SSSR count). The van der Waals surface area contributed by atoms with E-state index >= 15 is 0 Å². The van der Waals surface area contributed by atoms with Gasteiger partial charge in [0.25, 0.3) is 0 Å². The van der Waals surface area contributed by atoms with Gasteiger partial charge >= 0.3 is 5.97 Å². The summed E-state index contributed by atoms with van der Waals surface area (Å²) in [6, 6.07) is 9.27. The number of rotatable bonds is 6. The number of hydrogen-bond donors (Lipinski definition) is 3. The summed E-state index contributed by atoms with van der Waals surface area (Å²) < 4.78 is 0. The van der Waals surface area contributed by atoms with Crippen molar-refractivity contribution < 1.29 is 14.7 Å². The van der Waals surface area contributed by atoms with Crippen molar-refractivity contribution in [3.8, 4) is 0 Å². The summed E-state index contributed by atoms with van der Waals surface area (Å²) in [7, 11) is 0. The molecule has 0 aliphatic heterocycles. The van der Waals surface area contributed by atoms with Crippen LogP contribution in [-0.2, 0) is 9.59 Å². The molecule has 1 aliphatic rings. The number of nitrogens with one attached hydrogen (secondary N) is 2. The quantitative estimate of drug-likeness (QED) is 0.739. The topological polar surface area (TPSA) is 78.4 Å². The SMILES string of the molecule is O=C(CNCC1CCCC1C(=O)O)Nc1ccccc1. The van der Waals surface area contributed by atoms with Crippen LogP contribution in [0.3, 0.4) is 0 Å². The molecule has 1 aromatic carbocycles. The van der Waals surface area contributed by atoms with E-state index in [0.29, 0.717) is 6.54 Å². The zero-order valence-corrected chi connectivity index (χ0v) is 11.3. The average molecular weight is 276 g/mol. The third-order valence-electron chi connectivity index (χ3n) is 3.73. The molecule has 0 bridgehead atoms. The van der Waals surface area contributed by atoms with Crippen LogP contribution in [0.2, 0.25) is 0 Å². The lowest BCUT2D eigenvalue weighted by molar-refractivity contribution is -0.142. The monoisotopic (exact) mass is 276 g/mol. The van der Waals surface area contributed by atoms with Gasteiger partial charge in [-0.3, -0.25) is 9.59 Å². The minimum Gasteiger partial charge on any atom is -0.481 e. The number of hydrogen-bond acceptors (Lipinski definition) is 3. The van der Waals surface area contributed by atoms with Gasteiger partial charge in [0.1, 0.15) is 0 Å². The molecule has 1 fully saturated rings. The van der Waals surface area contributed by atoms with E-state index in [1.807, 2.05) is 30.3 Å². The number of carboxylic acids is 1. The number of carbonyl (C=O) groups is 2. The molecule has 2 atom stereocenters. The number of aliphatic carboxylic acids is 1. The Morgan fingerprint density at radius 3 is 2.65 bits per heavy atom. The van der Waals surface area contributed by atoms with E-state index in [0.717, 1.165) is 24.9 Å². The first-order valence-corrected chi connectivity index (χ1v) is 6.95. The van der Waals surface area contributed by atoms with Crippen LogP contribution in [-0.4, -0.2) is 30.1 Å². The fourth-order valence-electron chi connectivity index (χ4n) is 2.70. The summed E-state index contributed by atoms with van der Waals surface area (Å²) >= 11 is 0. The van der Waals surface area contributed by atoms with E-state index in [1.54, 1.807) is 0 Å². The molecule has 0 radical (unpaired) electrons. The Morgan fingerprint density at radius 2 is 1.95 bits per heavy atom. The van der Waals surface area contributed by atoms with E-state index < -0.39 is 5.97 Å². The molecule has 2 unspecified atom stereocenters. The van der Waals surface area contributed by atoms with Crippen LogP contribution < -0.4 is 10.6 Å². The molecular formula is C15H20N2O3. The zero-order valence-electron chi connectivity index (χ0n) is 11.3.